The van der Waals surface area contributed by atoms with E-state index in [0.29, 0.717) is 6.42 Å². The van der Waals surface area contributed by atoms with Gasteiger partial charge in [0.25, 0.3) is 0 Å². The Morgan fingerprint density at radius 2 is 1.29 bits per heavy atom. The van der Waals surface area contributed by atoms with Crippen LogP contribution in [0, 0.1) is 23.3 Å². The van der Waals surface area contributed by atoms with E-state index in [1.54, 1.807) is 0 Å². The van der Waals surface area contributed by atoms with Crippen LogP contribution in [0.1, 0.15) is 40.5 Å². The second kappa shape index (κ2) is 11.2. The van der Waals surface area contributed by atoms with Crippen LogP contribution in [0.3, 0.4) is 0 Å². The topological polar surface area (TPSA) is 63.6 Å². The molecule has 0 heterocycles. The first kappa shape index (κ1) is 24.1. The minimum Gasteiger partial charge on any atom is -0.477 e. The summed E-state index contributed by atoms with van der Waals surface area (Å²) >= 11 is 5.75. The van der Waals surface area contributed by atoms with Crippen molar-refractivity contribution in [1.82, 2.24) is 0 Å². The number of hydrogen-bond donors (Lipinski definition) is 1. The fourth-order valence-corrected chi connectivity index (χ4v) is 2.67. The van der Waals surface area contributed by atoms with Crippen LogP contribution in [-0.2, 0) is 4.74 Å². The number of carboxylic acids is 1. The molecule has 0 bridgehead atoms. The van der Waals surface area contributed by atoms with Crippen LogP contribution in [0.15, 0.2) is 33.2 Å². The van der Waals surface area contributed by atoms with E-state index in [1.807, 2.05) is 6.92 Å². The summed E-state index contributed by atoms with van der Waals surface area (Å²) in [4.78, 5) is 21.6. The van der Waals surface area contributed by atoms with Gasteiger partial charge in [-0.15, -0.1) is 0 Å². The van der Waals surface area contributed by atoms with Crippen LogP contribution >= 0.6 is 31.9 Å². The molecular weight excluding hydrogens is 516 g/mol. The molecule has 0 radical (unpaired) electrons. The molecule has 2 aromatic carbocycles. The lowest BCUT2D eigenvalue weighted by Crippen LogP contribution is -2.11. The number of esters is 1. The molecule has 0 aliphatic heterocycles. The average Bonchev–Trinajstić information content (AvgIpc) is 2.53. The molecule has 0 aliphatic carbocycles. The summed E-state index contributed by atoms with van der Waals surface area (Å²) in [7, 11) is 0. The maximum absolute atomic E-state index is 13.3. The summed E-state index contributed by atoms with van der Waals surface area (Å²) < 4.78 is 57.2. The largest absolute Gasteiger partial charge is 0.477 e. The molecule has 0 fully saturated rings. The molecule has 0 saturated heterocycles. The van der Waals surface area contributed by atoms with Crippen molar-refractivity contribution < 1.29 is 37.0 Å². The molecule has 10 heteroatoms. The number of carbonyl (C=O) groups is 2. The van der Waals surface area contributed by atoms with Crippen LogP contribution in [0.4, 0.5) is 17.6 Å². The molecule has 28 heavy (non-hydrogen) atoms. The van der Waals surface area contributed by atoms with E-state index in [0.717, 1.165) is 30.7 Å². The van der Waals surface area contributed by atoms with Gasteiger partial charge in [0.1, 0.15) is 34.4 Å². The number of unbranched alkanes of at least 4 members (excludes halogenated alkanes) is 1. The van der Waals surface area contributed by atoms with Crippen LogP contribution in [0.5, 0.6) is 0 Å². The van der Waals surface area contributed by atoms with Gasteiger partial charge in [-0.1, -0.05) is 45.2 Å². The van der Waals surface area contributed by atoms with E-state index >= 15 is 0 Å². The molecule has 4 nitrogen and oxygen atoms in total. The Bertz CT molecular complexity index is 829. The number of ether oxygens (including phenoxy) is 1. The first-order valence-corrected chi connectivity index (χ1v) is 9.36. The number of hydrogen-bond acceptors (Lipinski definition) is 3. The SMILES string of the molecule is CCCCOC(=O)c1c(F)cc(Br)cc1F.O=C(O)c1c(F)cc(Br)cc1F. The molecule has 2 rings (SSSR count). The van der Waals surface area contributed by atoms with Crippen molar-refractivity contribution in [2.75, 3.05) is 6.61 Å². The number of carboxylic acid groups (broad SMARTS) is 1. The smallest absolute Gasteiger partial charge is 0.344 e. The highest BCUT2D eigenvalue weighted by Gasteiger charge is 2.19. The fraction of sp³-hybridized carbons (Fsp3) is 0.222. The first-order valence-electron chi connectivity index (χ1n) is 7.78. The van der Waals surface area contributed by atoms with Crippen LogP contribution in [0.25, 0.3) is 0 Å². The van der Waals surface area contributed by atoms with Crippen molar-refractivity contribution in [3.05, 3.63) is 67.6 Å². The minimum atomic E-state index is -1.61. The summed E-state index contributed by atoms with van der Waals surface area (Å²) in [6, 6.07) is 3.85. The summed E-state index contributed by atoms with van der Waals surface area (Å²) in [5.41, 5.74) is -1.57. The summed E-state index contributed by atoms with van der Waals surface area (Å²) in [5.74, 6) is -6.60. The van der Waals surface area contributed by atoms with Gasteiger partial charge >= 0.3 is 11.9 Å². The molecule has 0 saturated carbocycles. The first-order chi connectivity index (χ1) is 13.1. The van der Waals surface area contributed by atoms with Gasteiger partial charge in [0.05, 0.1) is 6.61 Å². The quantitative estimate of drug-likeness (QED) is 0.288. The molecule has 0 atom stereocenters. The standard InChI is InChI=1S/C11H11BrF2O2.C7H3BrF2O2/c1-2-3-4-16-11(15)10-8(13)5-7(12)6-9(10)14;8-3-1-4(9)6(7(11)12)5(10)2-3/h5-6H,2-4H2,1H3;1-2H,(H,11,12). The predicted octanol–water partition coefficient (Wildman–Crippen LogP) is 6.11. The van der Waals surface area contributed by atoms with Crippen molar-refractivity contribution in [3.63, 3.8) is 0 Å². The number of carbonyl (C=O) groups excluding carboxylic acids is 1. The number of aromatic carboxylic acids is 1. The molecule has 0 unspecified atom stereocenters. The van der Waals surface area contributed by atoms with Crippen molar-refractivity contribution in [2.24, 2.45) is 0 Å². The Hall–Kier alpha value is -1.94. The van der Waals surface area contributed by atoms with Crippen molar-refractivity contribution in [1.29, 1.82) is 0 Å². The fourth-order valence-electron chi connectivity index (χ4n) is 1.87. The molecule has 0 spiro atoms. The van der Waals surface area contributed by atoms with E-state index in [1.165, 1.54) is 0 Å². The summed E-state index contributed by atoms with van der Waals surface area (Å²) in [6.45, 7) is 2.10. The van der Waals surface area contributed by atoms with Crippen LogP contribution in [0.2, 0.25) is 0 Å². The Morgan fingerprint density at radius 3 is 1.64 bits per heavy atom. The third kappa shape index (κ3) is 6.90. The zero-order valence-electron chi connectivity index (χ0n) is 14.4. The van der Waals surface area contributed by atoms with Gasteiger partial charge in [-0.05, 0) is 30.7 Å². The molecule has 0 amide bonds. The monoisotopic (exact) mass is 528 g/mol. The Labute approximate surface area is 174 Å². The van der Waals surface area contributed by atoms with Crippen LogP contribution < -0.4 is 0 Å². The van der Waals surface area contributed by atoms with Gasteiger partial charge in [0.15, 0.2) is 0 Å². The van der Waals surface area contributed by atoms with E-state index in [9.17, 15) is 27.2 Å². The zero-order chi connectivity index (χ0) is 21.4. The highest BCUT2D eigenvalue weighted by atomic mass is 79.9. The molecular formula is C18H14Br2F4O4. The lowest BCUT2D eigenvalue weighted by Gasteiger charge is -2.06. The summed E-state index contributed by atoms with van der Waals surface area (Å²) in [5, 5.41) is 8.34. The second-order valence-corrected chi connectivity index (χ2v) is 7.11. The van der Waals surface area contributed by atoms with E-state index in [2.05, 4.69) is 31.9 Å². The molecule has 0 aromatic heterocycles. The van der Waals surface area contributed by atoms with Gasteiger partial charge < -0.3 is 9.84 Å². The van der Waals surface area contributed by atoms with Gasteiger partial charge in [0, 0.05) is 8.95 Å². The minimum absolute atomic E-state index is 0.169. The van der Waals surface area contributed by atoms with E-state index < -0.39 is 46.3 Å². The molecule has 1 N–H and O–H groups in total. The van der Waals surface area contributed by atoms with E-state index in [-0.39, 0.29) is 15.6 Å². The van der Waals surface area contributed by atoms with Gasteiger partial charge in [-0.25, -0.2) is 27.2 Å². The maximum atomic E-state index is 13.3. The maximum Gasteiger partial charge on any atom is 0.344 e. The Morgan fingerprint density at radius 1 is 0.893 bits per heavy atom. The highest BCUT2D eigenvalue weighted by Crippen LogP contribution is 2.20. The van der Waals surface area contributed by atoms with Crippen molar-refractivity contribution in [2.45, 2.75) is 19.8 Å². The summed E-state index contributed by atoms with van der Waals surface area (Å²) in [6.07, 6.45) is 1.52. The lowest BCUT2D eigenvalue weighted by atomic mass is 10.2. The zero-order valence-corrected chi connectivity index (χ0v) is 17.5. The van der Waals surface area contributed by atoms with Gasteiger partial charge in [0.2, 0.25) is 0 Å². The Kier molecular flexibility index (Phi) is 9.60. The molecule has 2 aromatic rings. The van der Waals surface area contributed by atoms with Gasteiger partial charge in [-0.3, -0.25) is 0 Å². The molecule has 0 aliphatic rings. The number of benzene rings is 2. The molecule has 152 valence electrons. The van der Waals surface area contributed by atoms with E-state index in [4.69, 9.17) is 9.84 Å². The second-order valence-electron chi connectivity index (χ2n) is 5.28. The Balaban J connectivity index is 0.000000292. The predicted molar refractivity (Wildman–Crippen MR) is 100 cm³/mol. The van der Waals surface area contributed by atoms with Crippen molar-refractivity contribution in [3.8, 4) is 0 Å². The van der Waals surface area contributed by atoms with Crippen LogP contribution in [-0.4, -0.2) is 23.7 Å². The lowest BCUT2D eigenvalue weighted by molar-refractivity contribution is 0.0488. The normalized spacial score (nSPS) is 10.1. The van der Waals surface area contributed by atoms with Gasteiger partial charge in [-0.2, -0.15) is 0 Å². The highest BCUT2D eigenvalue weighted by molar-refractivity contribution is 9.10. The number of halogens is 6. The van der Waals surface area contributed by atoms with Crippen molar-refractivity contribution >= 4 is 43.8 Å². The number of rotatable bonds is 5. The average molecular weight is 530 g/mol. The third-order valence-electron chi connectivity index (χ3n) is 3.16. The third-order valence-corrected chi connectivity index (χ3v) is 4.08.